The molecule has 0 saturated carbocycles. The van der Waals surface area contributed by atoms with Gasteiger partial charge in [-0.25, -0.2) is 4.79 Å². The molecule has 1 N–H and O–H groups in total. The van der Waals surface area contributed by atoms with Crippen LogP contribution in [0.5, 0.6) is 5.75 Å². The van der Waals surface area contributed by atoms with Crippen LogP contribution in [0.4, 0.5) is 5.88 Å². The number of aliphatic carboxylic acids is 1. The van der Waals surface area contributed by atoms with E-state index in [1.165, 1.54) is 12.1 Å². The molecule has 1 radical (unpaired) electrons. The van der Waals surface area contributed by atoms with Crippen molar-refractivity contribution >= 4 is 64.9 Å². The maximum Gasteiger partial charge on any atom is 0.341 e. The summed E-state index contributed by atoms with van der Waals surface area (Å²) in [5.74, 6) is 0.597. The summed E-state index contributed by atoms with van der Waals surface area (Å²) in [5, 5.41) is 8.83. The first kappa shape index (κ1) is 24.3. The van der Waals surface area contributed by atoms with E-state index in [2.05, 4.69) is 0 Å². The van der Waals surface area contributed by atoms with Crippen molar-refractivity contribution in [2.75, 3.05) is 37.8 Å². The zero-order valence-electron chi connectivity index (χ0n) is 17.9. The van der Waals surface area contributed by atoms with E-state index < -0.39 is 5.97 Å². The number of ether oxygens (including phenoxy) is 2. The third-order valence-electron chi connectivity index (χ3n) is 5.03. The number of anilines is 1. The van der Waals surface area contributed by atoms with Crippen molar-refractivity contribution < 1.29 is 23.8 Å². The van der Waals surface area contributed by atoms with Crippen LogP contribution < -0.4 is 15.1 Å². The van der Waals surface area contributed by atoms with Gasteiger partial charge in [-0.1, -0.05) is 35.7 Å². The number of morpholine rings is 1. The number of nitrogens with zero attached hydrogens (tertiary/aromatic N) is 1. The molecule has 5 rings (SSSR count). The molecule has 2 aromatic carbocycles. The van der Waals surface area contributed by atoms with E-state index in [0.717, 1.165) is 25.1 Å². The first-order chi connectivity index (χ1) is 15.6. The molecule has 7 nitrogen and oxygen atoms in total. The van der Waals surface area contributed by atoms with Crippen molar-refractivity contribution in [2.45, 2.75) is 19.6 Å². The van der Waals surface area contributed by atoms with Gasteiger partial charge in [0.1, 0.15) is 11.5 Å². The van der Waals surface area contributed by atoms with E-state index in [1.54, 1.807) is 29.6 Å². The van der Waals surface area contributed by atoms with Crippen LogP contribution in [0.3, 0.4) is 0 Å². The molecule has 0 spiro atoms. The fourth-order valence-corrected chi connectivity index (χ4v) is 5.94. The number of hydrogen-bond acceptors (Lipinski definition) is 8. The van der Waals surface area contributed by atoms with E-state index in [1.807, 2.05) is 35.2 Å². The van der Waals surface area contributed by atoms with Crippen LogP contribution in [0.2, 0.25) is 0 Å². The molecule has 10 heteroatoms. The average molecular weight is 493 g/mol. The summed E-state index contributed by atoms with van der Waals surface area (Å²) in [4.78, 5) is 29.3. The molecule has 2 aliphatic heterocycles. The van der Waals surface area contributed by atoms with E-state index >= 15 is 0 Å². The molecular formula is C23H19NNaO6S2. The third-order valence-corrected chi connectivity index (χ3v) is 7.63. The Morgan fingerprint density at radius 1 is 1.03 bits per heavy atom. The number of hydrogen-bond donors (Lipinski definition) is 1. The summed E-state index contributed by atoms with van der Waals surface area (Å²) in [6.07, 6.45) is 0. The van der Waals surface area contributed by atoms with Crippen molar-refractivity contribution in [2.24, 2.45) is 0 Å². The minimum Gasteiger partial charge on any atom is -0.482 e. The monoisotopic (exact) mass is 492 g/mol. The second kappa shape index (κ2) is 10.6. The van der Waals surface area contributed by atoms with Crippen LogP contribution in [-0.4, -0.2) is 73.5 Å². The Balaban J connectivity index is 0.00000259. The Morgan fingerprint density at radius 3 is 2.64 bits per heavy atom. The summed E-state index contributed by atoms with van der Waals surface area (Å²) in [6, 6.07) is 14.5. The first-order valence-corrected chi connectivity index (χ1v) is 11.7. The summed E-state index contributed by atoms with van der Waals surface area (Å²) in [7, 11) is 0. The molecule has 1 saturated heterocycles. The second-order valence-corrected chi connectivity index (χ2v) is 9.36. The van der Waals surface area contributed by atoms with Gasteiger partial charge in [0.05, 0.1) is 13.2 Å². The van der Waals surface area contributed by atoms with Crippen molar-refractivity contribution in [1.82, 2.24) is 0 Å². The molecule has 33 heavy (non-hydrogen) atoms. The van der Waals surface area contributed by atoms with Gasteiger partial charge in [-0.15, -0.1) is 0 Å². The molecule has 0 amide bonds. The Hall–Kier alpha value is -1.88. The standard InChI is InChI=1S/C23H19NO6S2.Na/c25-14-10-17(30-21(11-14)24-6-8-28-9-7-24)16-2-1-3-19-23(16)32-18-5-4-15(12-20(18)31-19)29-13-22(26)27;/h1-5,10-12H,6-9,13H2,(H,26,27);. The van der Waals surface area contributed by atoms with Gasteiger partial charge >= 0.3 is 5.97 Å². The van der Waals surface area contributed by atoms with Crippen LogP contribution in [0, 0.1) is 0 Å². The molecule has 0 unspecified atom stereocenters. The van der Waals surface area contributed by atoms with Gasteiger partial charge in [0, 0.05) is 79.9 Å². The fourth-order valence-electron chi connectivity index (χ4n) is 3.55. The number of fused-ring (bicyclic) bond motifs is 2. The molecule has 0 atom stereocenters. The first-order valence-electron chi connectivity index (χ1n) is 10.0. The van der Waals surface area contributed by atoms with Gasteiger partial charge < -0.3 is 23.9 Å². The number of carboxylic acids is 1. The SMILES string of the molecule is O=C(O)COc1ccc2c(c1)Sc1cccc(-c3cc(=O)cc(N4CCOCC4)o3)c1S2.[Na]. The van der Waals surface area contributed by atoms with Crippen LogP contribution in [0.1, 0.15) is 0 Å². The number of carboxylic acid groups (broad SMARTS) is 1. The molecular weight excluding hydrogens is 473 g/mol. The summed E-state index contributed by atoms with van der Waals surface area (Å²) < 4.78 is 16.9. The fraction of sp³-hybridized carbons (Fsp3) is 0.217. The van der Waals surface area contributed by atoms with Gasteiger partial charge in [-0.3, -0.25) is 4.79 Å². The minimum atomic E-state index is -1.01. The normalized spacial score (nSPS) is 14.6. The van der Waals surface area contributed by atoms with Gasteiger partial charge in [-0.05, 0) is 24.3 Å². The number of benzene rings is 2. The van der Waals surface area contributed by atoms with Crippen molar-refractivity contribution in [3.05, 3.63) is 58.8 Å². The number of carbonyl (C=O) groups is 1. The molecule has 3 aromatic rings. The van der Waals surface area contributed by atoms with Crippen molar-refractivity contribution in [1.29, 1.82) is 0 Å². The van der Waals surface area contributed by atoms with E-state index in [4.69, 9.17) is 19.0 Å². The summed E-state index contributed by atoms with van der Waals surface area (Å²) >= 11 is 3.18. The Kier molecular flexibility index (Phi) is 7.78. The topological polar surface area (TPSA) is 89.2 Å². The van der Waals surface area contributed by atoms with Crippen molar-refractivity contribution in [3.63, 3.8) is 0 Å². The van der Waals surface area contributed by atoms with Crippen LogP contribution in [0.15, 0.2) is 77.3 Å². The van der Waals surface area contributed by atoms with E-state index in [9.17, 15) is 9.59 Å². The molecule has 165 valence electrons. The predicted octanol–water partition coefficient (Wildman–Crippen LogP) is 3.84. The van der Waals surface area contributed by atoms with Crippen LogP contribution in [-0.2, 0) is 9.53 Å². The third kappa shape index (κ3) is 5.45. The molecule has 2 aliphatic rings. The van der Waals surface area contributed by atoms with Crippen molar-refractivity contribution in [3.8, 4) is 17.1 Å². The predicted molar refractivity (Wildman–Crippen MR) is 127 cm³/mol. The van der Waals surface area contributed by atoms with Gasteiger partial charge in [0.15, 0.2) is 17.9 Å². The largest absolute Gasteiger partial charge is 0.482 e. The van der Waals surface area contributed by atoms with Gasteiger partial charge in [-0.2, -0.15) is 0 Å². The Bertz CT molecular complexity index is 1240. The van der Waals surface area contributed by atoms with E-state index in [-0.39, 0.29) is 41.6 Å². The quantitative estimate of drug-likeness (QED) is 0.418. The molecule has 0 bridgehead atoms. The second-order valence-electron chi connectivity index (χ2n) is 7.22. The molecule has 3 heterocycles. The number of rotatable bonds is 5. The molecule has 1 fully saturated rings. The van der Waals surface area contributed by atoms with Gasteiger partial charge in [0.2, 0.25) is 0 Å². The molecule has 1 aromatic heterocycles. The van der Waals surface area contributed by atoms with Crippen LogP contribution in [0.25, 0.3) is 11.3 Å². The Morgan fingerprint density at radius 2 is 1.85 bits per heavy atom. The zero-order valence-corrected chi connectivity index (χ0v) is 21.5. The van der Waals surface area contributed by atoms with Crippen LogP contribution >= 0.6 is 23.5 Å². The maximum atomic E-state index is 12.5. The molecule has 0 aliphatic carbocycles. The van der Waals surface area contributed by atoms with E-state index in [0.29, 0.717) is 43.7 Å². The smallest absolute Gasteiger partial charge is 0.341 e. The maximum absolute atomic E-state index is 12.5. The van der Waals surface area contributed by atoms with Gasteiger partial charge in [0.25, 0.3) is 0 Å². The zero-order chi connectivity index (χ0) is 22.1. The summed E-state index contributed by atoms with van der Waals surface area (Å²) in [5.41, 5.74) is 0.767. The summed E-state index contributed by atoms with van der Waals surface area (Å²) in [6.45, 7) is 2.20. The average Bonchev–Trinajstić information content (AvgIpc) is 2.81. The Labute approximate surface area is 220 Å². The minimum absolute atomic E-state index is 0.